The fourth-order valence-corrected chi connectivity index (χ4v) is 4.34. The first kappa shape index (κ1) is 15.5. The monoisotopic (exact) mass is 334 g/mol. The van der Waals surface area contributed by atoms with Crippen LogP contribution in [0.15, 0.2) is 42.9 Å². The van der Waals surface area contributed by atoms with Crippen molar-refractivity contribution in [3.8, 4) is 0 Å². The maximum Gasteiger partial charge on any atom is 0.115 e. The summed E-state index contributed by atoms with van der Waals surface area (Å²) in [5.41, 5.74) is 4.58. The first-order valence-electron chi connectivity index (χ1n) is 9.60. The van der Waals surface area contributed by atoms with E-state index < -0.39 is 0 Å². The van der Waals surface area contributed by atoms with Gasteiger partial charge in [-0.05, 0) is 30.2 Å². The van der Waals surface area contributed by atoms with E-state index in [2.05, 4.69) is 50.5 Å². The molecule has 2 heterocycles. The first-order chi connectivity index (χ1) is 12.3. The van der Waals surface area contributed by atoms with Crippen LogP contribution in [0.3, 0.4) is 0 Å². The molecule has 1 unspecified atom stereocenters. The average Bonchev–Trinajstić information content (AvgIpc) is 3.57. The normalized spacial score (nSPS) is 26.9. The summed E-state index contributed by atoms with van der Waals surface area (Å²) in [4.78, 5) is 11.2. The summed E-state index contributed by atoms with van der Waals surface area (Å²) in [6.07, 6.45) is 8.80. The summed E-state index contributed by atoms with van der Waals surface area (Å²) in [5, 5.41) is 3.87. The van der Waals surface area contributed by atoms with Gasteiger partial charge in [0.05, 0.1) is 0 Å². The molecule has 0 saturated heterocycles. The molecule has 2 atom stereocenters. The van der Waals surface area contributed by atoms with E-state index in [1.54, 1.807) is 6.33 Å². The zero-order valence-corrected chi connectivity index (χ0v) is 14.7. The van der Waals surface area contributed by atoms with Gasteiger partial charge in [0.1, 0.15) is 6.33 Å². The number of hydrogen-bond acceptors (Lipinski definition) is 4. The summed E-state index contributed by atoms with van der Waals surface area (Å²) in [5.74, 6) is 0.732. The van der Waals surface area contributed by atoms with Crippen molar-refractivity contribution in [2.75, 3.05) is 19.6 Å². The lowest BCUT2D eigenvalue weighted by Gasteiger charge is -2.31. The molecule has 1 aliphatic heterocycles. The third-order valence-electron chi connectivity index (χ3n) is 6.21. The molecule has 0 spiro atoms. The molecule has 1 N–H and O–H groups in total. The SMILES string of the molecule is c1ccc([C@H]2CC2NCC2(CN3CCc4ncncc4C3)CC2)cc1. The van der Waals surface area contributed by atoms with Gasteiger partial charge < -0.3 is 5.32 Å². The molecule has 1 aromatic heterocycles. The van der Waals surface area contributed by atoms with E-state index in [9.17, 15) is 0 Å². The third-order valence-corrected chi connectivity index (χ3v) is 6.21. The lowest BCUT2D eigenvalue weighted by Crippen LogP contribution is -2.39. The van der Waals surface area contributed by atoms with Gasteiger partial charge in [0, 0.05) is 62.0 Å². The summed E-state index contributed by atoms with van der Waals surface area (Å²) in [7, 11) is 0. The molecule has 4 nitrogen and oxygen atoms in total. The minimum absolute atomic E-state index is 0.511. The topological polar surface area (TPSA) is 41.0 Å². The van der Waals surface area contributed by atoms with Gasteiger partial charge in [-0.1, -0.05) is 30.3 Å². The zero-order valence-electron chi connectivity index (χ0n) is 14.7. The van der Waals surface area contributed by atoms with Crippen molar-refractivity contribution >= 4 is 0 Å². The molecule has 25 heavy (non-hydrogen) atoms. The predicted molar refractivity (Wildman–Crippen MR) is 98.3 cm³/mol. The smallest absolute Gasteiger partial charge is 0.115 e. The van der Waals surface area contributed by atoms with Crippen molar-refractivity contribution in [3.05, 3.63) is 59.7 Å². The van der Waals surface area contributed by atoms with Crippen LogP contribution in [0.25, 0.3) is 0 Å². The van der Waals surface area contributed by atoms with Crippen molar-refractivity contribution in [2.45, 2.75) is 44.2 Å². The van der Waals surface area contributed by atoms with Gasteiger partial charge in [0.2, 0.25) is 0 Å². The lowest BCUT2D eigenvalue weighted by atomic mass is 10.0. The van der Waals surface area contributed by atoms with Gasteiger partial charge in [0.25, 0.3) is 0 Å². The molecule has 3 aliphatic rings. The van der Waals surface area contributed by atoms with Crippen molar-refractivity contribution in [2.24, 2.45) is 5.41 Å². The first-order valence-corrected chi connectivity index (χ1v) is 9.60. The van der Waals surface area contributed by atoms with E-state index >= 15 is 0 Å². The number of nitrogens with zero attached hydrogens (tertiary/aromatic N) is 3. The van der Waals surface area contributed by atoms with Crippen LogP contribution in [0.5, 0.6) is 0 Å². The molecule has 2 aromatic rings. The zero-order chi connectivity index (χ0) is 16.7. The van der Waals surface area contributed by atoms with Crippen LogP contribution in [-0.2, 0) is 13.0 Å². The molecule has 0 amide bonds. The number of nitrogens with one attached hydrogen (secondary N) is 1. The van der Waals surface area contributed by atoms with Crippen LogP contribution in [0.2, 0.25) is 0 Å². The minimum Gasteiger partial charge on any atom is -0.313 e. The highest BCUT2D eigenvalue weighted by Crippen LogP contribution is 2.48. The molecule has 5 rings (SSSR count). The van der Waals surface area contributed by atoms with E-state index in [-0.39, 0.29) is 0 Å². The highest BCUT2D eigenvalue weighted by atomic mass is 15.2. The Morgan fingerprint density at radius 3 is 2.92 bits per heavy atom. The third kappa shape index (κ3) is 3.33. The molecule has 2 fully saturated rings. The average molecular weight is 334 g/mol. The number of hydrogen-bond donors (Lipinski definition) is 1. The summed E-state index contributed by atoms with van der Waals surface area (Å²) in [6, 6.07) is 11.7. The largest absolute Gasteiger partial charge is 0.313 e. The van der Waals surface area contributed by atoms with Crippen molar-refractivity contribution < 1.29 is 0 Å². The van der Waals surface area contributed by atoms with Gasteiger partial charge in [-0.15, -0.1) is 0 Å². The number of fused-ring (bicyclic) bond motifs is 1. The molecule has 0 radical (unpaired) electrons. The van der Waals surface area contributed by atoms with Crippen LogP contribution in [0.4, 0.5) is 0 Å². The summed E-state index contributed by atoms with van der Waals surface area (Å²) >= 11 is 0. The Balaban J connectivity index is 1.14. The standard InChI is InChI=1S/C21H26N4/c1-2-4-16(5-3-1)18-10-20(18)23-13-21(7-8-21)14-25-9-6-19-17(12-25)11-22-15-24-19/h1-5,11,15,18,20,23H,6-10,12-14H2/t18-,20?/m1/s1. The van der Waals surface area contributed by atoms with Gasteiger partial charge >= 0.3 is 0 Å². The maximum atomic E-state index is 4.42. The van der Waals surface area contributed by atoms with Crippen LogP contribution in [0, 0.1) is 5.41 Å². The highest BCUT2D eigenvalue weighted by molar-refractivity contribution is 5.27. The fraction of sp³-hybridized carbons (Fsp3) is 0.524. The van der Waals surface area contributed by atoms with E-state index in [1.807, 2.05) is 6.20 Å². The Kier molecular flexibility index (Phi) is 3.83. The van der Waals surface area contributed by atoms with E-state index in [1.165, 1.54) is 49.2 Å². The minimum atomic E-state index is 0.511. The Morgan fingerprint density at radius 2 is 2.08 bits per heavy atom. The maximum absolute atomic E-state index is 4.42. The second kappa shape index (κ2) is 6.19. The Morgan fingerprint density at radius 1 is 1.20 bits per heavy atom. The summed E-state index contributed by atoms with van der Waals surface area (Å²) in [6.45, 7) is 4.56. The Labute approximate surface area is 149 Å². The van der Waals surface area contributed by atoms with Crippen molar-refractivity contribution in [1.82, 2.24) is 20.2 Å². The second-order valence-electron chi connectivity index (χ2n) is 8.20. The molecule has 2 aliphatic carbocycles. The Hall–Kier alpha value is -1.78. The van der Waals surface area contributed by atoms with E-state index in [0.29, 0.717) is 11.5 Å². The van der Waals surface area contributed by atoms with Crippen molar-refractivity contribution in [1.29, 1.82) is 0 Å². The predicted octanol–water partition coefficient (Wildman–Crippen LogP) is 2.76. The molecule has 1 aromatic carbocycles. The van der Waals surface area contributed by atoms with E-state index in [4.69, 9.17) is 0 Å². The van der Waals surface area contributed by atoms with Gasteiger partial charge in [-0.3, -0.25) is 4.90 Å². The van der Waals surface area contributed by atoms with E-state index in [0.717, 1.165) is 25.4 Å². The molecule has 0 bridgehead atoms. The van der Waals surface area contributed by atoms with Crippen LogP contribution >= 0.6 is 0 Å². The molecule has 2 saturated carbocycles. The molecular formula is C21H26N4. The molecule has 130 valence electrons. The number of aromatic nitrogens is 2. The number of benzene rings is 1. The lowest BCUT2D eigenvalue weighted by molar-refractivity contribution is 0.197. The highest BCUT2D eigenvalue weighted by Gasteiger charge is 2.46. The number of rotatable bonds is 6. The molecular weight excluding hydrogens is 308 g/mol. The second-order valence-corrected chi connectivity index (χ2v) is 8.20. The molecule has 4 heteroatoms. The van der Waals surface area contributed by atoms with Crippen LogP contribution in [-0.4, -0.2) is 40.5 Å². The van der Waals surface area contributed by atoms with Crippen LogP contribution < -0.4 is 5.32 Å². The van der Waals surface area contributed by atoms with Gasteiger partial charge in [-0.25, -0.2) is 9.97 Å². The van der Waals surface area contributed by atoms with Crippen molar-refractivity contribution in [3.63, 3.8) is 0 Å². The summed E-state index contributed by atoms with van der Waals surface area (Å²) < 4.78 is 0. The fourth-order valence-electron chi connectivity index (χ4n) is 4.34. The van der Waals surface area contributed by atoms with Gasteiger partial charge in [-0.2, -0.15) is 0 Å². The van der Waals surface area contributed by atoms with Crippen LogP contribution in [0.1, 0.15) is 42.0 Å². The Bertz CT molecular complexity index is 741. The van der Waals surface area contributed by atoms with Gasteiger partial charge in [0.15, 0.2) is 0 Å². The quantitative estimate of drug-likeness (QED) is 0.882.